The standard InChI is InChI=1S/C11H12BrNO3/c1-7-2-3-10(13(14)15)11(4-7)16-9-5-8(12)6-9/h2-4,8-9H,5-6H2,1H3. The summed E-state index contributed by atoms with van der Waals surface area (Å²) >= 11 is 3.46. The monoisotopic (exact) mass is 285 g/mol. The number of nitrogens with zero attached hydrogens (tertiary/aromatic N) is 1. The van der Waals surface area contributed by atoms with Gasteiger partial charge >= 0.3 is 5.69 Å². The summed E-state index contributed by atoms with van der Waals surface area (Å²) in [6.45, 7) is 1.89. The number of alkyl halides is 1. The highest BCUT2D eigenvalue weighted by molar-refractivity contribution is 9.09. The van der Waals surface area contributed by atoms with Crippen molar-refractivity contribution in [3.05, 3.63) is 33.9 Å². The van der Waals surface area contributed by atoms with Gasteiger partial charge in [-0.3, -0.25) is 10.1 Å². The molecular weight excluding hydrogens is 274 g/mol. The first kappa shape index (κ1) is 11.4. The molecule has 1 aliphatic rings. The van der Waals surface area contributed by atoms with Crippen LogP contribution in [0.25, 0.3) is 0 Å². The highest BCUT2D eigenvalue weighted by Crippen LogP contribution is 2.35. The lowest BCUT2D eigenvalue weighted by Crippen LogP contribution is -2.34. The quantitative estimate of drug-likeness (QED) is 0.487. The molecule has 5 heteroatoms. The molecule has 0 N–H and O–H groups in total. The van der Waals surface area contributed by atoms with Gasteiger partial charge in [-0.05, 0) is 31.4 Å². The van der Waals surface area contributed by atoms with Crippen LogP contribution in [0.5, 0.6) is 5.75 Å². The number of ether oxygens (including phenoxy) is 1. The second kappa shape index (κ2) is 4.41. The Morgan fingerprint density at radius 2 is 2.19 bits per heavy atom. The maximum atomic E-state index is 10.8. The highest BCUT2D eigenvalue weighted by Gasteiger charge is 2.30. The van der Waals surface area contributed by atoms with E-state index in [0.29, 0.717) is 10.6 Å². The number of nitro groups is 1. The van der Waals surface area contributed by atoms with E-state index in [0.717, 1.165) is 18.4 Å². The molecule has 4 nitrogen and oxygen atoms in total. The number of hydrogen-bond donors (Lipinski definition) is 0. The predicted molar refractivity (Wildman–Crippen MR) is 64.2 cm³/mol. The molecule has 2 rings (SSSR count). The van der Waals surface area contributed by atoms with E-state index in [1.54, 1.807) is 12.1 Å². The fourth-order valence-electron chi connectivity index (χ4n) is 1.64. The molecule has 0 spiro atoms. The smallest absolute Gasteiger partial charge is 0.310 e. The SMILES string of the molecule is Cc1ccc([N+](=O)[O-])c(OC2CC(Br)C2)c1. The van der Waals surface area contributed by atoms with Gasteiger partial charge in [0.15, 0.2) is 5.75 Å². The van der Waals surface area contributed by atoms with Crippen molar-refractivity contribution in [2.45, 2.75) is 30.7 Å². The Kier molecular flexibility index (Phi) is 3.14. The van der Waals surface area contributed by atoms with Crippen LogP contribution in [0.1, 0.15) is 18.4 Å². The molecule has 16 heavy (non-hydrogen) atoms. The van der Waals surface area contributed by atoms with E-state index in [-0.39, 0.29) is 11.8 Å². The molecule has 1 aliphatic carbocycles. The minimum atomic E-state index is -0.404. The summed E-state index contributed by atoms with van der Waals surface area (Å²) in [6, 6.07) is 4.94. The molecule has 0 aromatic heterocycles. The molecule has 0 heterocycles. The van der Waals surface area contributed by atoms with E-state index >= 15 is 0 Å². The van der Waals surface area contributed by atoms with Crippen molar-refractivity contribution in [2.75, 3.05) is 0 Å². The Balaban J connectivity index is 2.17. The van der Waals surface area contributed by atoms with Gasteiger partial charge in [0.25, 0.3) is 0 Å². The average Bonchev–Trinajstić information content (AvgIpc) is 2.15. The normalized spacial score (nSPS) is 23.6. The lowest BCUT2D eigenvalue weighted by Gasteiger charge is -2.31. The van der Waals surface area contributed by atoms with Gasteiger partial charge in [0.1, 0.15) is 6.10 Å². The highest BCUT2D eigenvalue weighted by atomic mass is 79.9. The Morgan fingerprint density at radius 3 is 2.75 bits per heavy atom. The summed E-state index contributed by atoms with van der Waals surface area (Å²) in [5.41, 5.74) is 1.01. The van der Waals surface area contributed by atoms with Gasteiger partial charge in [-0.25, -0.2) is 0 Å². The van der Waals surface area contributed by atoms with E-state index < -0.39 is 4.92 Å². The van der Waals surface area contributed by atoms with Crippen LogP contribution in [0, 0.1) is 17.0 Å². The van der Waals surface area contributed by atoms with Gasteiger partial charge in [-0.1, -0.05) is 22.0 Å². The molecule has 1 saturated carbocycles. The van der Waals surface area contributed by atoms with Crippen LogP contribution >= 0.6 is 15.9 Å². The van der Waals surface area contributed by atoms with Crippen LogP contribution in [0.3, 0.4) is 0 Å². The van der Waals surface area contributed by atoms with E-state index in [4.69, 9.17) is 4.74 Å². The molecule has 0 unspecified atom stereocenters. The Hall–Kier alpha value is -1.10. The second-order valence-electron chi connectivity index (χ2n) is 4.04. The third kappa shape index (κ3) is 2.35. The van der Waals surface area contributed by atoms with Crippen molar-refractivity contribution >= 4 is 21.6 Å². The first-order valence-electron chi connectivity index (χ1n) is 5.12. The van der Waals surface area contributed by atoms with Crippen molar-refractivity contribution in [3.8, 4) is 5.75 Å². The fourth-order valence-corrected chi connectivity index (χ4v) is 2.48. The molecule has 1 fully saturated rings. The van der Waals surface area contributed by atoms with Gasteiger partial charge in [0, 0.05) is 10.9 Å². The van der Waals surface area contributed by atoms with E-state index in [9.17, 15) is 10.1 Å². The third-order valence-electron chi connectivity index (χ3n) is 2.64. The third-order valence-corrected chi connectivity index (χ3v) is 3.39. The van der Waals surface area contributed by atoms with Crippen molar-refractivity contribution in [2.24, 2.45) is 0 Å². The zero-order valence-electron chi connectivity index (χ0n) is 8.85. The zero-order chi connectivity index (χ0) is 11.7. The first-order chi connectivity index (χ1) is 7.56. The lowest BCUT2D eigenvalue weighted by atomic mass is 9.96. The molecule has 1 aromatic carbocycles. The summed E-state index contributed by atoms with van der Waals surface area (Å²) in [7, 11) is 0. The molecular formula is C11H12BrNO3. The zero-order valence-corrected chi connectivity index (χ0v) is 10.4. The molecule has 1 aromatic rings. The summed E-state index contributed by atoms with van der Waals surface area (Å²) < 4.78 is 5.62. The fraction of sp³-hybridized carbons (Fsp3) is 0.455. The average molecular weight is 286 g/mol. The van der Waals surface area contributed by atoms with Crippen molar-refractivity contribution in [1.29, 1.82) is 0 Å². The topological polar surface area (TPSA) is 52.4 Å². The van der Waals surface area contributed by atoms with E-state index in [1.165, 1.54) is 6.07 Å². The van der Waals surface area contributed by atoms with E-state index in [2.05, 4.69) is 15.9 Å². The van der Waals surface area contributed by atoms with Gasteiger partial charge < -0.3 is 4.74 Å². The number of benzene rings is 1. The van der Waals surface area contributed by atoms with Crippen LogP contribution in [0.4, 0.5) is 5.69 Å². The Labute approximate surface area is 102 Å². The van der Waals surface area contributed by atoms with Crippen molar-refractivity contribution in [3.63, 3.8) is 0 Å². The molecule has 0 aliphatic heterocycles. The minimum Gasteiger partial charge on any atom is -0.483 e. The van der Waals surface area contributed by atoms with Gasteiger partial charge in [-0.2, -0.15) is 0 Å². The second-order valence-corrected chi connectivity index (χ2v) is 5.33. The summed E-state index contributed by atoms with van der Waals surface area (Å²) in [5, 5.41) is 10.8. The molecule has 0 bridgehead atoms. The molecule has 0 amide bonds. The van der Waals surface area contributed by atoms with Crippen molar-refractivity contribution < 1.29 is 9.66 Å². The summed E-state index contributed by atoms with van der Waals surface area (Å²) in [4.78, 5) is 10.9. The molecule has 0 radical (unpaired) electrons. The van der Waals surface area contributed by atoms with Gasteiger partial charge in [0.05, 0.1) is 4.92 Å². The number of rotatable bonds is 3. The molecule has 0 saturated heterocycles. The number of halogens is 1. The van der Waals surface area contributed by atoms with Crippen LogP contribution in [0.15, 0.2) is 18.2 Å². The Morgan fingerprint density at radius 1 is 1.50 bits per heavy atom. The summed E-state index contributed by atoms with van der Waals surface area (Å²) in [5.74, 6) is 0.384. The summed E-state index contributed by atoms with van der Waals surface area (Å²) in [6.07, 6.45) is 1.92. The Bertz CT molecular complexity index is 416. The van der Waals surface area contributed by atoms with E-state index in [1.807, 2.05) is 6.92 Å². The maximum absolute atomic E-state index is 10.8. The predicted octanol–water partition coefficient (Wildman–Crippen LogP) is 3.21. The molecule has 86 valence electrons. The minimum absolute atomic E-state index is 0.0450. The van der Waals surface area contributed by atoms with Gasteiger partial charge in [0.2, 0.25) is 0 Å². The van der Waals surface area contributed by atoms with Crippen LogP contribution < -0.4 is 4.74 Å². The number of aryl methyl sites for hydroxylation is 1. The first-order valence-corrected chi connectivity index (χ1v) is 6.03. The van der Waals surface area contributed by atoms with Crippen molar-refractivity contribution in [1.82, 2.24) is 0 Å². The van der Waals surface area contributed by atoms with Crippen LogP contribution in [-0.4, -0.2) is 15.9 Å². The number of nitro benzene ring substituents is 1. The maximum Gasteiger partial charge on any atom is 0.310 e. The van der Waals surface area contributed by atoms with Crippen LogP contribution in [0.2, 0.25) is 0 Å². The largest absolute Gasteiger partial charge is 0.483 e. The lowest BCUT2D eigenvalue weighted by molar-refractivity contribution is -0.386. The number of hydrogen-bond acceptors (Lipinski definition) is 3. The molecule has 0 atom stereocenters. The van der Waals surface area contributed by atoms with Crippen LogP contribution in [-0.2, 0) is 0 Å². The van der Waals surface area contributed by atoms with Gasteiger partial charge in [-0.15, -0.1) is 0 Å².